The highest BCUT2D eigenvalue weighted by Crippen LogP contribution is 2.59. The molecule has 1 aliphatic rings. The molecular formula is C40H23N3S2. The molecule has 0 spiro atoms. The maximum atomic E-state index is 8.86. The van der Waals surface area contributed by atoms with E-state index in [4.69, 9.17) is 11.3 Å². The third kappa shape index (κ3) is 3.65. The van der Waals surface area contributed by atoms with Crippen molar-refractivity contribution in [3.63, 3.8) is 0 Å². The van der Waals surface area contributed by atoms with Gasteiger partial charge >= 0.3 is 0 Å². The number of nitrogens with zero attached hydrogens (tertiary/aromatic N) is 3. The highest BCUT2D eigenvalue weighted by Gasteiger charge is 2.33. The van der Waals surface area contributed by atoms with Crippen LogP contribution in [0.1, 0.15) is 1.37 Å². The molecule has 210 valence electrons. The van der Waals surface area contributed by atoms with Gasteiger partial charge in [-0.1, -0.05) is 121 Å². The fourth-order valence-electron chi connectivity index (χ4n) is 6.86. The number of hydrogen-bond acceptors (Lipinski definition) is 5. The topological polar surface area (TPSA) is 29.0 Å². The number of para-hydroxylation sites is 1. The zero-order chi connectivity index (χ0) is 30.4. The van der Waals surface area contributed by atoms with Crippen LogP contribution < -0.4 is 4.31 Å². The summed E-state index contributed by atoms with van der Waals surface area (Å²) < 4.78 is 13.3. The van der Waals surface area contributed by atoms with Crippen LogP contribution in [0.5, 0.6) is 0 Å². The molecule has 7 aromatic carbocycles. The fourth-order valence-corrected chi connectivity index (χ4v) is 9.21. The number of hydrogen-bond donors (Lipinski definition) is 0. The Bertz CT molecular complexity index is 2700. The highest BCUT2D eigenvalue weighted by molar-refractivity contribution is 8.01. The van der Waals surface area contributed by atoms with Crippen molar-refractivity contribution >= 4 is 87.5 Å². The Labute approximate surface area is 269 Å². The fraction of sp³-hybridized carbons (Fsp3) is 0. The largest absolute Gasteiger partial charge is 0.246 e. The van der Waals surface area contributed by atoms with Crippen LogP contribution in [0.15, 0.2) is 144 Å². The lowest BCUT2D eigenvalue weighted by Crippen LogP contribution is -2.16. The van der Waals surface area contributed by atoms with Gasteiger partial charge in [0.2, 0.25) is 5.95 Å². The molecule has 10 rings (SSSR count). The number of fused-ring (bicyclic) bond motifs is 13. The van der Waals surface area contributed by atoms with E-state index >= 15 is 0 Å². The molecule has 9 aromatic rings. The first-order chi connectivity index (χ1) is 22.7. The summed E-state index contributed by atoms with van der Waals surface area (Å²) in [6.07, 6.45) is 0. The second-order valence-electron chi connectivity index (χ2n) is 11.3. The van der Waals surface area contributed by atoms with Crippen molar-refractivity contribution in [1.82, 2.24) is 9.97 Å². The van der Waals surface area contributed by atoms with E-state index < -0.39 is 0 Å². The van der Waals surface area contributed by atoms with Crippen molar-refractivity contribution in [2.75, 3.05) is 4.31 Å². The number of benzene rings is 7. The molecule has 3 nitrogen and oxygen atoms in total. The molecular weight excluding hydrogens is 587 g/mol. The lowest BCUT2D eigenvalue weighted by molar-refractivity contribution is 1.17. The molecule has 1 aliphatic heterocycles. The third-order valence-corrected chi connectivity index (χ3v) is 11.0. The van der Waals surface area contributed by atoms with Gasteiger partial charge in [-0.25, -0.2) is 14.3 Å². The van der Waals surface area contributed by atoms with Gasteiger partial charge in [0, 0.05) is 42.4 Å². The minimum absolute atomic E-state index is 0.547. The number of thiophene rings is 1. The summed E-state index contributed by atoms with van der Waals surface area (Å²) >= 11 is 3.39. The zero-order valence-electron chi connectivity index (χ0n) is 24.9. The van der Waals surface area contributed by atoms with Crippen molar-refractivity contribution in [2.45, 2.75) is 4.90 Å². The van der Waals surface area contributed by atoms with Crippen LogP contribution in [0, 0.1) is 0 Å². The normalized spacial score (nSPS) is 13.1. The van der Waals surface area contributed by atoms with Gasteiger partial charge in [-0.05, 0) is 51.7 Å². The average Bonchev–Trinajstić information content (AvgIpc) is 3.52. The van der Waals surface area contributed by atoms with Gasteiger partial charge in [-0.15, -0.1) is 11.3 Å². The van der Waals surface area contributed by atoms with Crippen molar-refractivity contribution < 1.29 is 1.37 Å². The minimum atomic E-state index is 0.547. The van der Waals surface area contributed by atoms with E-state index in [-0.39, 0.29) is 0 Å². The number of aromatic nitrogens is 2. The predicted octanol–water partition coefficient (Wildman–Crippen LogP) is 11.8. The Morgan fingerprint density at radius 3 is 2.18 bits per heavy atom. The van der Waals surface area contributed by atoms with Crippen molar-refractivity contribution in [2.24, 2.45) is 0 Å². The second kappa shape index (κ2) is 9.63. The van der Waals surface area contributed by atoms with E-state index in [2.05, 4.69) is 113 Å². The van der Waals surface area contributed by atoms with E-state index in [1.165, 1.54) is 38.1 Å². The molecule has 5 heteroatoms. The van der Waals surface area contributed by atoms with Gasteiger partial charge in [0.25, 0.3) is 0 Å². The lowest BCUT2D eigenvalue weighted by Gasteiger charge is -2.32. The van der Waals surface area contributed by atoms with Crippen molar-refractivity contribution in [3.8, 4) is 22.4 Å². The SMILES string of the molecule is [2H]c1cccc2c1sc1c3c(c4ccccc4c12)-c1c(ccc2ccccc12)SN3c1nc(-c2ccccc2)c2ccccc2n1. The van der Waals surface area contributed by atoms with Gasteiger partial charge in [0.15, 0.2) is 0 Å². The molecule has 0 fully saturated rings. The Morgan fingerprint density at radius 1 is 0.578 bits per heavy atom. The maximum absolute atomic E-state index is 8.86. The lowest BCUT2D eigenvalue weighted by atomic mass is 9.90. The molecule has 0 saturated carbocycles. The summed E-state index contributed by atoms with van der Waals surface area (Å²) in [4.78, 5) is 11.8. The van der Waals surface area contributed by atoms with Gasteiger partial charge in [-0.2, -0.15) is 0 Å². The maximum Gasteiger partial charge on any atom is 0.241 e. The van der Waals surface area contributed by atoms with Crippen LogP contribution >= 0.6 is 23.3 Å². The summed E-state index contributed by atoms with van der Waals surface area (Å²) in [5.41, 5.74) is 6.37. The molecule has 0 atom stereocenters. The highest BCUT2D eigenvalue weighted by atomic mass is 32.2. The third-order valence-electron chi connectivity index (χ3n) is 8.79. The summed E-state index contributed by atoms with van der Waals surface area (Å²) in [6, 6.07) is 47.1. The first-order valence-corrected chi connectivity index (χ1v) is 16.5. The molecule has 0 aliphatic carbocycles. The van der Waals surface area contributed by atoms with Crippen LogP contribution in [0.25, 0.3) is 75.0 Å². The first kappa shape index (κ1) is 24.1. The van der Waals surface area contributed by atoms with E-state index in [0.717, 1.165) is 47.5 Å². The molecule has 0 N–H and O–H groups in total. The molecule has 0 amide bonds. The van der Waals surface area contributed by atoms with E-state index in [0.29, 0.717) is 12.0 Å². The Hall–Kier alpha value is -5.23. The number of anilines is 2. The Morgan fingerprint density at radius 2 is 1.29 bits per heavy atom. The van der Waals surface area contributed by atoms with Gasteiger partial charge in [0.1, 0.15) is 0 Å². The summed E-state index contributed by atoms with van der Waals surface area (Å²) in [5.74, 6) is 0.641. The molecule has 0 unspecified atom stereocenters. The number of rotatable bonds is 2. The van der Waals surface area contributed by atoms with Crippen molar-refractivity contribution in [3.05, 3.63) is 140 Å². The standard InChI is InChI=1S/C40H23N3S2/c1-2-13-25(14-3-1)37-29-18-8-10-20-31(29)41-40(42-37)43-38-36(35-26-15-5-4-12-24(26)22-23-33(35)45-43)28-17-7-6-16-27(28)34-30-19-9-11-21-32(30)44-39(34)38/h1-23H/i21D. The van der Waals surface area contributed by atoms with Crippen LogP contribution in [-0.2, 0) is 0 Å². The van der Waals surface area contributed by atoms with Gasteiger partial charge < -0.3 is 0 Å². The average molecular weight is 611 g/mol. The Kier molecular flexibility index (Phi) is 5.17. The van der Waals surface area contributed by atoms with Gasteiger partial charge in [-0.3, -0.25) is 0 Å². The first-order valence-electron chi connectivity index (χ1n) is 15.4. The van der Waals surface area contributed by atoms with Crippen LogP contribution in [0.2, 0.25) is 0 Å². The molecule has 0 saturated heterocycles. The Balaban J connectivity index is 1.39. The minimum Gasteiger partial charge on any atom is -0.246 e. The quantitative estimate of drug-likeness (QED) is 0.182. The molecule has 3 heterocycles. The molecule has 0 radical (unpaired) electrons. The molecule has 0 bridgehead atoms. The van der Waals surface area contributed by atoms with Crippen LogP contribution in [0.3, 0.4) is 0 Å². The van der Waals surface area contributed by atoms with E-state index in [1.54, 1.807) is 23.3 Å². The second-order valence-corrected chi connectivity index (χ2v) is 13.3. The molecule has 45 heavy (non-hydrogen) atoms. The molecule has 2 aromatic heterocycles. The van der Waals surface area contributed by atoms with Crippen molar-refractivity contribution in [1.29, 1.82) is 0 Å². The predicted molar refractivity (Wildman–Crippen MR) is 193 cm³/mol. The zero-order valence-corrected chi connectivity index (χ0v) is 25.5. The summed E-state index contributed by atoms with van der Waals surface area (Å²) in [6.45, 7) is 0. The smallest absolute Gasteiger partial charge is 0.241 e. The van der Waals surface area contributed by atoms with Gasteiger partial charge in [0.05, 0.1) is 23.0 Å². The monoisotopic (exact) mass is 610 g/mol. The van der Waals surface area contributed by atoms with E-state index in [9.17, 15) is 0 Å². The van der Waals surface area contributed by atoms with Crippen LogP contribution in [0.4, 0.5) is 11.6 Å². The summed E-state index contributed by atoms with van der Waals surface area (Å²) in [7, 11) is 0. The van der Waals surface area contributed by atoms with E-state index in [1.807, 2.05) is 24.3 Å². The summed E-state index contributed by atoms with van der Waals surface area (Å²) in [5, 5.41) is 8.14. The van der Waals surface area contributed by atoms with Crippen LogP contribution in [-0.4, -0.2) is 9.97 Å².